The van der Waals surface area contributed by atoms with Crippen molar-refractivity contribution in [1.82, 2.24) is 9.55 Å². The molecule has 0 spiro atoms. The summed E-state index contributed by atoms with van der Waals surface area (Å²) in [6, 6.07) is 26.2. The Kier molecular flexibility index (Phi) is 4.34. The van der Waals surface area contributed by atoms with Crippen LogP contribution in [0.1, 0.15) is 17.0 Å². The van der Waals surface area contributed by atoms with Crippen molar-refractivity contribution in [2.24, 2.45) is 0 Å². The molecule has 0 unspecified atom stereocenters. The summed E-state index contributed by atoms with van der Waals surface area (Å²) in [5.41, 5.74) is 2.86. The summed E-state index contributed by atoms with van der Waals surface area (Å²) < 4.78 is 1.61. The molecule has 1 aromatic heterocycles. The first kappa shape index (κ1) is 16.5. The lowest BCUT2D eigenvalue weighted by Crippen LogP contribution is -2.22. The molecule has 128 valence electrons. The summed E-state index contributed by atoms with van der Waals surface area (Å²) >= 11 is 0. The van der Waals surface area contributed by atoms with Crippen LogP contribution in [0.4, 0.5) is 0 Å². The Morgan fingerprint density at radius 2 is 1.56 bits per heavy atom. The van der Waals surface area contributed by atoms with Gasteiger partial charge in [0, 0.05) is 0 Å². The van der Waals surface area contributed by atoms with Crippen LogP contribution in [0.2, 0.25) is 0 Å². The molecule has 4 aromatic rings. The molecule has 0 radical (unpaired) electrons. The number of nitrogens with zero attached hydrogens (tertiary/aromatic N) is 3. The van der Waals surface area contributed by atoms with Crippen LogP contribution < -0.4 is 5.56 Å². The molecule has 4 rings (SSSR count). The number of nitriles is 1. The van der Waals surface area contributed by atoms with Gasteiger partial charge in [-0.1, -0.05) is 48.5 Å². The molecule has 3 aromatic carbocycles. The quantitative estimate of drug-likeness (QED) is 0.550. The molecule has 0 fully saturated rings. The van der Waals surface area contributed by atoms with Crippen LogP contribution in [-0.2, 0) is 0 Å². The third-order valence-corrected chi connectivity index (χ3v) is 4.28. The van der Waals surface area contributed by atoms with E-state index in [0.29, 0.717) is 22.3 Å². The maximum absolute atomic E-state index is 13.1. The zero-order valence-corrected chi connectivity index (χ0v) is 14.4. The molecule has 0 N–H and O–H groups in total. The second-order valence-electron chi connectivity index (χ2n) is 6.03. The third kappa shape index (κ3) is 3.26. The molecule has 0 atom stereocenters. The first-order chi connectivity index (χ1) is 13.3. The average Bonchev–Trinajstić information content (AvgIpc) is 2.73. The number of aromatic nitrogens is 2. The predicted octanol–water partition coefficient (Wildman–Crippen LogP) is 4.43. The monoisotopic (exact) mass is 349 g/mol. The molecule has 0 aliphatic rings. The highest BCUT2D eigenvalue weighted by molar-refractivity contribution is 5.80. The van der Waals surface area contributed by atoms with Crippen molar-refractivity contribution < 1.29 is 0 Å². The molecule has 0 bridgehead atoms. The normalized spacial score (nSPS) is 10.9. The van der Waals surface area contributed by atoms with Crippen molar-refractivity contribution in [3.8, 4) is 11.8 Å². The van der Waals surface area contributed by atoms with Gasteiger partial charge in [0.15, 0.2) is 0 Å². The minimum absolute atomic E-state index is 0.105. The number of fused-ring (bicyclic) bond motifs is 1. The van der Waals surface area contributed by atoms with Crippen molar-refractivity contribution in [1.29, 1.82) is 5.26 Å². The summed E-state index contributed by atoms with van der Waals surface area (Å²) in [7, 11) is 0. The van der Waals surface area contributed by atoms with E-state index in [9.17, 15) is 4.79 Å². The zero-order chi connectivity index (χ0) is 18.6. The average molecular weight is 349 g/mol. The Morgan fingerprint density at radius 1 is 0.852 bits per heavy atom. The van der Waals surface area contributed by atoms with E-state index in [4.69, 9.17) is 5.26 Å². The lowest BCUT2D eigenvalue weighted by atomic mass is 10.1. The van der Waals surface area contributed by atoms with Gasteiger partial charge in [-0.2, -0.15) is 5.26 Å². The Bertz CT molecular complexity index is 1230. The van der Waals surface area contributed by atoms with E-state index in [1.807, 2.05) is 72.8 Å². The highest BCUT2D eigenvalue weighted by atomic mass is 16.1. The minimum Gasteiger partial charge on any atom is -0.268 e. The fourth-order valence-corrected chi connectivity index (χ4v) is 2.93. The number of rotatable bonds is 3. The van der Waals surface area contributed by atoms with E-state index in [0.717, 1.165) is 11.3 Å². The van der Waals surface area contributed by atoms with Crippen LogP contribution in [0.3, 0.4) is 0 Å². The first-order valence-electron chi connectivity index (χ1n) is 8.52. The van der Waals surface area contributed by atoms with Gasteiger partial charge in [-0.3, -0.25) is 9.36 Å². The van der Waals surface area contributed by atoms with Gasteiger partial charge in [-0.05, 0) is 48.0 Å². The van der Waals surface area contributed by atoms with Crippen LogP contribution in [0.5, 0.6) is 0 Å². The van der Waals surface area contributed by atoms with Crippen molar-refractivity contribution in [2.45, 2.75) is 0 Å². The van der Waals surface area contributed by atoms with Gasteiger partial charge in [0.1, 0.15) is 5.82 Å². The van der Waals surface area contributed by atoms with Crippen molar-refractivity contribution >= 4 is 23.1 Å². The fraction of sp³-hybridized carbons (Fsp3) is 0. The molecule has 4 heteroatoms. The lowest BCUT2D eigenvalue weighted by Gasteiger charge is -2.11. The Balaban J connectivity index is 1.89. The number of hydrogen-bond acceptors (Lipinski definition) is 3. The number of para-hydroxylation sites is 2. The van der Waals surface area contributed by atoms with E-state index >= 15 is 0 Å². The predicted molar refractivity (Wildman–Crippen MR) is 107 cm³/mol. The molecule has 1 heterocycles. The molecule has 27 heavy (non-hydrogen) atoms. The maximum Gasteiger partial charge on any atom is 0.266 e. The van der Waals surface area contributed by atoms with Gasteiger partial charge in [0.05, 0.1) is 28.2 Å². The SMILES string of the molecule is N#Cc1ccc(/C=C/c2nc3ccccc3c(=O)n2-c2ccccc2)cc1. The molecule has 0 aliphatic heterocycles. The van der Waals surface area contributed by atoms with Gasteiger partial charge in [-0.25, -0.2) is 4.98 Å². The standard InChI is InChI=1S/C23H15N3O/c24-16-18-12-10-17(11-13-18)14-15-22-25-21-9-5-4-8-20(21)23(27)26(22)19-6-2-1-3-7-19/h1-15H/b15-14+. The molecule has 0 aliphatic carbocycles. The maximum atomic E-state index is 13.1. The summed E-state index contributed by atoms with van der Waals surface area (Å²) in [6.07, 6.45) is 3.71. The van der Waals surface area contributed by atoms with Crippen LogP contribution >= 0.6 is 0 Å². The summed E-state index contributed by atoms with van der Waals surface area (Å²) in [4.78, 5) is 17.8. The largest absolute Gasteiger partial charge is 0.268 e. The fourth-order valence-electron chi connectivity index (χ4n) is 2.93. The first-order valence-corrected chi connectivity index (χ1v) is 8.52. The van der Waals surface area contributed by atoms with Crippen LogP contribution in [0.25, 0.3) is 28.7 Å². The highest BCUT2D eigenvalue weighted by Crippen LogP contribution is 2.15. The number of benzene rings is 3. The molecule has 0 saturated carbocycles. The van der Waals surface area contributed by atoms with Crippen molar-refractivity contribution in [2.75, 3.05) is 0 Å². The van der Waals surface area contributed by atoms with E-state index < -0.39 is 0 Å². The summed E-state index contributed by atoms with van der Waals surface area (Å²) in [5, 5.41) is 9.49. The molecular formula is C23H15N3O. The van der Waals surface area contributed by atoms with E-state index in [1.54, 1.807) is 22.8 Å². The topological polar surface area (TPSA) is 58.7 Å². The summed E-state index contributed by atoms with van der Waals surface area (Å²) in [5.74, 6) is 0.550. The van der Waals surface area contributed by atoms with Crippen LogP contribution in [0, 0.1) is 11.3 Å². The molecular weight excluding hydrogens is 334 g/mol. The molecule has 0 amide bonds. The van der Waals surface area contributed by atoms with Crippen LogP contribution in [0.15, 0.2) is 83.7 Å². The highest BCUT2D eigenvalue weighted by Gasteiger charge is 2.10. The Morgan fingerprint density at radius 3 is 2.30 bits per heavy atom. The third-order valence-electron chi connectivity index (χ3n) is 4.28. The molecule has 0 saturated heterocycles. The Labute approximate surface area is 156 Å². The smallest absolute Gasteiger partial charge is 0.266 e. The lowest BCUT2D eigenvalue weighted by molar-refractivity contribution is 0.944. The molecule has 4 nitrogen and oxygen atoms in total. The summed E-state index contributed by atoms with van der Waals surface area (Å²) in [6.45, 7) is 0. The Hall–Kier alpha value is -3.97. The van der Waals surface area contributed by atoms with E-state index in [2.05, 4.69) is 11.1 Å². The zero-order valence-electron chi connectivity index (χ0n) is 14.4. The van der Waals surface area contributed by atoms with Crippen LogP contribution in [-0.4, -0.2) is 9.55 Å². The second kappa shape index (κ2) is 7.11. The number of hydrogen-bond donors (Lipinski definition) is 0. The van der Waals surface area contributed by atoms with Gasteiger partial charge in [-0.15, -0.1) is 0 Å². The van der Waals surface area contributed by atoms with Crippen molar-refractivity contribution in [3.05, 3.63) is 106 Å². The van der Waals surface area contributed by atoms with E-state index in [1.165, 1.54) is 0 Å². The minimum atomic E-state index is -0.105. The second-order valence-corrected chi connectivity index (χ2v) is 6.03. The van der Waals surface area contributed by atoms with Crippen molar-refractivity contribution in [3.63, 3.8) is 0 Å². The van der Waals surface area contributed by atoms with Gasteiger partial charge in [0.2, 0.25) is 0 Å². The van der Waals surface area contributed by atoms with Gasteiger partial charge in [0.25, 0.3) is 5.56 Å². The van der Waals surface area contributed by atoms with Gasteiger partial charge < -0.3 is 0 Å². The van der Waals surface area contributed by atoms with Gasteiger partial charge >= 0.3 is 0 Å². The van der Waals surface area contributed by atoms with E-state index in [-0.39, 0.29) is 5.56 Å².